The molecule has 2 heterocycles. The Morgan fingerprint density at radius 1 is 1.04 bits per heavy atom. The zero-order chi connectivity index (χ0) is 17.2. The average molecular weight is 332 g/mol. The summed E-state index contributed by atoms with van der Waals surface area (Å²) in [4.78, 5) is 21.6. The van der Waals surface area contributed by atoms with Crippen LogP contribution in [0.25, 0.3) is 22.2 Å². The van der Waals surface area contributed by atoms with Crippen LogP contribution in [0.3, 0.4) is 0 Å². The number of amides is 1. The molecular formula is C20H20N4O. The van der Waals surface area contributed by atoms with Gasteiger partial charge in [0.25, 0.3) is 0 Å². The molecule has 0 saturated carbocycles. The van der Waals surface area contributed by atoms with Crippen LogP contribution >= 0.6 is 0 Å². The lowest BCUT2D eigenvalue weighted by Crippen LogP contribution is -2.49. The minimum absolute atomic E-state index is 0.0109. The number of para-hydroxylation sites is 1. The van der Waals surface area contributed by atoms with Crippen molar-refractivity contribution in [3.05, 3.63) is 54.6 Å². The van der Waals surface area contributed by atoms with Gasteiger partial charge in [-0.3, -0.25) is 4.79 Å². The third-order valence-electron chi connectivity index (χ3n) is 4.69. The van der Waals surface area contributed by atoms with Crippen LogP contribution in [0.1, 0.15) is 13.3 Å². The van der Waals surface area contributed by atoms with E-state index in [1.807, 2.05) is 54.6 Å². The molecule has 1 aliphatic rings. The lowest BCUT2D eigenvalue weighted by atomic mass is 9.94. The summed E-state index contributed by atoms with van der Waals surface area (Å²) in [6.07, 6.45) is 0.947. The van der Waals surface area contributed by atoms with Crippen molar-refractivity contribution < 1.29 is 4.79 Å². The van der Waals surface area contributed by atoms with Crippen LogP contribution in [0.5, 0.6) is 0 Å². The maximum atomic E-state index is 12.2. The van der Waals surface area contributed by atoms with Gasteiger partial charge in [0, 0.05) is 17.5 Å². The molecule has 2 N–H and O–H groups in total. The highest BCUT2D eigenvalue weighted by Gasteiger charge is 2.29. The first-order valence-electron chi connectivity index (χ1n) is 8.59. The van der Waals surface area contributed by atoms with Crippen molar-refractivity contribution in [2.24, 2.45) is 5.92 Å². The van der Waals surface area contributed by atoms with E-state index in [0.29, 0.717) is 5.95 Å². The molecule has 2 aromatic carbocycles. The van der Waals surface area contributed by atoms with E-state index in [0.717, 1.165) is 35.1 Å². The normalized spacial score (nSPS) is 20.3. The molecule has 0 aliphatic carbocycles. The third-order valence-corrected chi connectivity index (χ3v) is 4.69. The summed E-state index contributed by atoms with van der Waals surface area (Å²) in [7, 11) is 0. The molecule has 1 aromatic heterocycles. The number of carbonyl (C=O) groups excluding carboxylic acids is 1. The van der Waals surface area contributed by atoms with Crippen molar-refractivity contribution in [2.75, 3.05) is 11.9 Å². The molecule has 0 spiro atoms. The zero-order valence-electron chi connectivity index (χ0n) is 14.1. The molecule has 2 atom stereocenters. The Labute approximate surface area is 146 Å². The Hall–Kier alpha value is -2.95. The van der Waals surface area contributed by atoms with E-state index >= 15 is 0 Å². The van der Waals surface area contributed by atoms with E-state index in [4.69, 9.17) is 4.98 Å². The zero-order valence-corrected chi connectivity index (χ0v) is 14.1. The van der Waals surface area contributed by atoms with Crippen molar-refractivity contribution in [1.82, 2.24) is 15.3 Å². The molecular weight excluding hydrogens is 312 g/mol. The minimum Gasteiger partial charge on any atom is -0.354 e. The topological polar surface area (TPSA) is 66.9 Å². The number of benzene rings is 2. The van der Waals surface area contributed by atoms with Crippen LogP contribution in [0.15, 0.2) is 54.6 Å². The largest absolute Gasteiger partial charge is 0.354 e. The van der Waals surface area contributed by atoms with Gasteiger partial charge in [-0.1, -0.05) is 55.5 Å². The van der Waals surface area contributed by atoms with Crippen LogP contribution in [0, 0.1) is 5.92 Å². The number of nitrogens with zero attached hydrogens (tertiary/aromatic N) is 2. The quantitative estimate of drug-likeness (QED) is 0.773. The number of fused-ring (bicyclic) bond motifs is 1. The van der Waals surface area contributed by atoms with Gasteiger partial charge in [-0.15, -0.1) is 0 Å². The number of anilines is 1. The highest BCUT2D eigenvalue weighted by Crippen LogP contribution is 2.27. The number of piperidine rings is 1. The van der Waals surface area contributed by atoms with Crippen LogP contribution in [0.2, 0.25) is 0 Å². The van der Waals surface area contributed by atoms with Gasteiger partial charge in [0.2, 0.25) is 11.9 Å². The fourth-order valence-electron chi connectivity index (χ4n) is 3.26. The van der Waals surface area contributed by atoms with E-state index < -0.39 is 0 Å². The second-order valence-corrected chi connectivity index (χ2v) is 6.46. The molecule has 1 aliphatic heterocycles. The highest BCUT2D eigenvalue weighted by atomic mass is 16.2. The number of rotatable bonds is 3. The number of hydrogen-bond acceptors (Lipinski definition) is 4. The summed E-state index contributed by atoms with van der Waals surface area (Å²) in [6, 6.07) is 17.7. The SMILES string of the molecule is CC1CCNC(=O)C1Nc1nc(-c2ccccc2)c2ccccc2n1. The highest BCUT2D eigenvalue weighted by molar-refractivity contribution is 5.93. The van der Waals surface area contributed by atoms with Gasteiger partial charge in [0.05, 0.1) is 11.2 Å². The molecule has 25 heavy (non-hydrogen) atoms. The van der Waals surface area contributed by atoms with Crippen LogP contribution in [-0.4, -0.2) is 28.5 Å². The average Bonchev–Trinajstić information content (AvgIpc) is 2.65. The Kier molecular flexibility index (Phi) is 4.06. The van der Waals surface area contributed by atoms with Crippen molar-refractivity contribution in [3.8, 4) is 11.3 Å². The maximum Gasteiger partial charge on any atom is 0.242 e. The Morgan fingerprint density at radius 2 is 1.80 bits per heavy atom. The van der Waals surface area contributed by atoms with Gasteiger partial charge >= 0.3 is 0 Å². The predicted octanol–water partition coefficient (Wildman–Crippen LogP) is 3.23. The first-order chi connectivity index (χ1) is 12.2. The molecule has 3 aromatic rings. The molecule has 1 fully saturated rings. The van der Waals surface area contributed by atoms with Crippen LogP contribution in [0.4, 0.5) is 5.95 Å². The van der Waals surface area contributed by atoms with Crippen molar-refractivity contribution in [1.29, 1.82) is 0 Å². The molecule has 0 radical (unpaired) electrons. The van der Waals surface area contributed by atoms with Gasteiger partial charge in [-0.2, -0.15) is 0 Å². The Morgan fingerprint density at radius 3 is 2.60 bits per heavy atom. The summed E-state index contributed by atoms with van der Waals surface area (Å²) in [5, 5.41) is 7.16. The smallest absolute Gasteiger partial charge is 0.242 e. The predicted molar refractivity (Wildman–Crippen MR) is 99.2 cm³/mol. The monoisotopic (exact) mass is 332 g/mol. The summed E-state index contributed by atoms with van der Waals surface area (Å²) in [5.74, 6) is 0.743. The van der Waals surface area contributed by atoms with Gasteiger partial charge in [-0.05, 0) is 18.4 Å². The fraction of sp³-hybridized carbons (Fsp3) is 0.250. The van der Waals surface area contributed by atoms with Gasteiger partial charge in [0.1, 0.15) is 6.04 Å². The van der Waals surface area contributed by atoms with Crippen molar-refractivity contribution in [2.45, 2.75) is 19.4 Å². The van der Waals surface area contributed by atoms with E-state index in [1.165, 1.54) is 0 Å². The molecule has 2 unspecified atom stereocenters. The summed E-state index contributed by atoms with van der Waals surface area (Å²) < 4.78 is 0. The number of aromatic nitrogens is 2. The molecule has 5 heteroatoms. The molecule has 1 amide bonds. The number of carbonyl (C=O) groups is 1. The molecule has 1 saturated heterocycles. The van der Waals surface area contributed by atoms with E-state index in [-0.39, 0.29) is 17.9 Å². The second-order valence-electron chi connectivity index (χ2n) is 6.46. The summed E-state index contributed by atoms with van der Waals surface area (Å²) in [6.45, 7) is 2.81. The molecule has 126 valence electrons. The second kappa shape index (κ2) is 6.51. The van der Waals surface area contributed by atoms with E-state index in [1.54, 1.807) is 0 Å². The number of nitrogens with one attached hydrogen (secondary N) is 2. The van der Waals surface area contributed by atoms with Gasteiger partial charge in [-0.25, -0.2) is 9.97 Å². The summed E-state index contributed by atoms with van der Waals surface area (Å²) >= 11 is 0. The lowest BCUT2D eigenvalue weighted by molar-refractivity contribution is -0.124. The van der Waals surface area contributed by atoms with Crippen LogP contribution < -0.4 is 10.6 Å². The third kappa shape index (κ3) is 3.05. The van der Waals surface area contributed by atoms with Crippen molar-refractivity contribution >= 4 is 22.8 Å². The molecule has 0 bridgehead atoms. The lowest BCUT2D eigenvalue weighted by Gasteiger charge is -2.29. The van der Waals surface area contributed by atoms with E-state index in [2.05, 4.69) is 22.5 Å². The summed E-state index contributed by atoms with van der Waals surface area (Å²) in [5.41, 5.74) is 2.77. The Balaban J connectivity index is 1.79. The molecule has 4 rings (SSSR count). The van der Waals surface area contributed by atoms with Gasteiger partial charge in [0.15, 0.2) is 0 Å². The number of hydrogen-bond donors (Lipinski definition) is 2. The fourth-order valence-corrected chi connectivity index (χ4v) is 3.26. The minimum atomic E-state index is -0.307. The first kappa shape index (κ1) is 15.6. The van der Waals surface area contributed by atoms with Gasteiger partial charge < -0.3 is 10.6 Å². The molecule has 5 nitrogen and oxygen atoms in total. The maximum absolute atomic E-state index is 12.2. The first-order valence-corrected chi connectivity index (χ1v) is 8.59. The van der Waals surface area contributed by atoms with E-state index in [9.17, 15) is 4.79 Å². The van der Waals surface area contributed by atoms with Crippen LogP contribution in [-0.2, 0) is 4.79 Å². The standard InChI is InChI=1S/C20H20N4O/c1-13-11-12-21-19(25)17(13)23-20-22-16-10-6-5-9-15(16)18(24-20)14-7-3-2-4-8-14/h2-10,13,17H,11-12H2,1H3,(H,21,25)(H,22,23,24). The van der Waals surface area contributed by atoms with Crippen molar-refractivity contribution in [3.63, 3.8) is 0 Å². The Bertz CT molecular complexity index is 910.